The summed E-state index contributed by atoms with van der Waals surface area (Å²) in [5.41, 5.74) is 4.72. The third-order valence-corrected chi connectivity index (χ3v) is 6.29. The second kappa shape index (κ2) is 9.97. The number of nitrogens with zero attached hydrogens (tertiary/aromatic N) is 4. The molecule has 0 radical (unpaired) electrons. The SMILES string of the molecule is O=C(Cn1nnc2ccccc2c1=O)NCc1ccccc1-c1ccc(CN2CCCC2)cc1. The molecule has 172 valence electrons. The molecule has 7 nitrogen and oxygen atoms in total. The van der Waals surface area contributed by atoms with Crippen molar-refractivity contribution < 1.29 is 4.79 Å². The first-order valence-electron chi connectivity index (χ1n) is 11.7. The van der Waals surface area contributed by atoms with Crippen molar-refractivity contribution in [3.8, 4) is 11.1 Å². The number of amides is 1. The first-order chi connectivity index (χ1) is 16.7. The van der Waals surface area contributed by atoms with Crippen LogP contribution in [-0.2, 0) is 24.4 Å². The molecule has 0 unspecified atom stereocenters. The molecule has 1 aliphatic rings. The van der Waals surface area contributed by atoms with Gasteiger partial charge in [-0.25, -0.2) is 4.68 Å². The minimum Gasteiger partial charge on any atom is -0.350 e. The maximum absolute atomic E-state index is 12.6. The number of carbonyl (C=O) groups excluding carboxylic acids is 1. The molecule has 34 heavy (non-hydrogen) atoms. The van der Waals surface area contributed by atoms with Crippen LogP contribution in [0.1, 0.15) is 24.0 Å². The topological polar surface area (TPSA) is 80.1 Å². The van der Waals surface area contributed by atoms with Crippen LogP contribution in [0.3, 0.4) is 0 Å². The molecule has 1 aromatic heterocycles. The van der Waals surface area contributed by atoms with Gasteiger partial charge in [0.15, 0.2) is 0 Å². The van der Waals surface area contributed by atoms with Crippen LogP contribution in [0.2, 0.25) is 0 Å². The molecule has 1 saturated heterocycles. The van der Waals surface area contributed by atoms with Gasteiger partial charge in [0.1, 0.15) is 12.1 Å². The first kappa shape index (κ1) is 22.0. The molecule has 1 fully saturated rings. The summed E-state index contributed by atoms with van der Waals surface area (Å²) in [6.45, 7) is 3.54. The van der Waals surface area contributed by atoms with Gasteiger partial charge in [0.05, 0.1) is 5.39 Å². The van der Waals surface area contributed by atoms with Crippen molar-refractivity contribution >= 4 is 16.8 Å². The van der Waals surface area contributed by atoms with Gasteiger partial charge in [-0.05, 0) is 60.3 Å². The Morgan fingerprint density at radius 2 is 1.65 bits per heavy atom. The molecule has 0 atom stereocenters. The lowest BCUT2D eigenvalue weighted by Gasteiger charge is -2.15. The predicted octanol–water partition coefficient (Wildman–Crippen LogP) is 3.37. The Morgan fingerprint density at radius 1 is 0.912 bits per heavy atom. The highest BCUT2D eigenvalue weighted by atomic mass is 16.2. The molecule has 4 aromatic rings. The van der Waals surface area contributed by atoms with Crippen molar-refractivity contribution in [2.75, 3.05) is 13.1 Å². The molecular weight excluding hydrogens is 426 g/mol. The fourth-order valence-electron chi connectivity index (χ4n) is 4.46. The van der Waals surface area contributed by atoms with Crippen molar-refractivity contribution in [1.29, 1.82) is 0 Å². The summed E-state index contributed by atoms with van der Waals surface area (Å²) in [5.74, 6) is -0.289. The van der Waals surface area contributed by atoms with Crippen LogP contribution in [0.4, 0.5) is 0 Å². The van der Waals surface area contributed by atoms with Gasteiger partial charge in [-0.15, -0.1) is 5.10 Å². The number of hydrogen-bond donors (Lipinski definition) is 1. The van der Waals surface area contributed by atoms with Gasteiger partial charge in [-0.3, -0.25) is 14.5 Å². The zero-order valence-corrected chi connectivity index (χ0v) is 19.0. The normalized spacial score (nSPS) is 13.9. The zero-order chi connectivity index (χ0) is 23.3. The number of carbonyl (C=O) groups is 1. The Hall–Kier alpha value is -3.84. The van der Waals surface area contributed by atoms with Crippen molar-refractivity contribution in [3.05, 3.63) is 94.3 Å². The van der Waals surface area contributed by atoms with Gasteiger partial charge < -0.3 is 5.32 Å². The van der Waals surface area contributed by atoms with E-state index in [1.807, 2.05) is 18.2 Å². The lowest BCUT2D eigenvalue weighted by atomic mass is 9.98. The second-order valence-corrected chi connectivity index (χ2v) is 8.68. The van der Waals surface area contributed by atoms with E-state index in [0.29, 0.717) is 17.4 Å². The molecule has 1 amide bonds. The number of hydrogen-bond acceptors (Lipinski definition) is 5. The molecule has 0 aliphatic carbocycles. The second-order valence-electron chi connectivity index (χ2n) is 8.68. The third kappa shape index (κ3) is 4.89. The highest BCUT2D eigenvalue weighted by molar-refractivity contribution is 5.78. The van der Waals surface area contributed by atoms with Gasteiger partial charge in [-0.1, -0.05) is 65.9 Å². The van der Waals surface area contributed by atoms with E-state index in [1.165, 1.54) is 31.5 Å². The minimum absolute atomic E-state index is 0.177. The summed E-state index contributed by atoms with van der Waals surface area (Å²) in [4.78, 5) is 27.7. The van der Waals surface area contributed by atoms with Gasteiger partial charge in [-0.2, -0.15) is 0 Å². The summed E-state index contributed by atoms with van der Waals surface area (Å²) in [6, 6.07) is 23.7. The van der Waals surface area contributed by atoms with Crippen LogP contribution in [0.15, 0.2) is 77.6 Å². The van der Waals surface area contributed by atoms with E-state index in [2.05, 4.69) is 50.9 Å². The van der Waals surface area contributed by atoms with Gasteiger partial charge in [0.2, 0.25) is 5.91 Å². The predicted molar refractivity (Wildman–Crippen MR) is 132 cm³/mol. The van der Waals surface area contributed by atoms with Crippen molar-refractivity contribution in [2.45, 2.75) is 32.5 Å². The molecule has 1 aliphatic heterocycles. The van der Waals surface area contributed by atoms with E-state index in [1.54, 1.807) is 24.3 Å². The van der Waals surface area contributed by atoms with Gasteiger partial charge >= 0.3 is 0 Å². The summed E-state index contributed by atoms with van der Waals surface area (Å²) in [5, 5.41) is 11.3. The minimum atomic E-state index is -0.324. The fourth-order valence-corrected chi connectivity index (χ4v) is 4.46. The number of fused-ring (bicyclic) bond motifs is 1. The Kier molecular flexibility index (Phi) is 6.44. The van der Waals surface area contributed by atoms with Crippen molar-refractivity contribution in [2.24, 2.45) is 0 Å². The van der Waals surface area contributed by atoms with E-state index < -0.39 is 0 Å². The van der Waals surface area contributed by atoms with Crippen LogP contribution in [0.25, 0.3) is 22.0 Å². The summed E-state index contributed by atoms with van der Waals surface area (Å²) < 4.78 is 1.10. The molecule has 2 heterocycles. The monoisotopic (exact) mass is 453 g/mol. The molecule has 7 heteroatoms. The Balaban J connectivity index is 1.25. The standard InChI is InChI=1S/C27H27N5O2/c33-26(19-32-27(34)24-9-3-4-10-25(24)29-30-32)28-17-22-7-1-2-8-23(22)21-13-11-20(12-14-21)18-31-15-5-6-16-31/h1-4,7-14H,5-6,15-19H2,(H,28,33). The first-order valence-corrected chi connectivity index (χ1v) is 11.7. The summed E-state index contributed by atoms with van der Waals surface area (Å²) in [6.07, 6.45) is 2.58. The summed E-state index contributed by atoms with van der Waals surface area (Å²) in [7, 11) is 0. The number of rotatable bonds is 7. The Morgan fingerprint density at radius 3 is 2.47 bits per heavy atom. The van der Waals surface area contributed by atoms with Crippen LogP contribution < -0.4 is 10.9 Å². The van der Waals surface area contributed by atoms with Gasteiger partial charge in [0, 0.05) is 13.1 Å². The highest BCUT2D eigenvalue weighted by Crippen LogP contribution is 2.25. The number of nitrogens with one attached hydrogen (secondary N) is 1. The summed E-state index contributed by atoms with van der Waals surface area (Å²) >= 11 is 0. The van der Waals surface area contributed by atoms with Crippen molar-refractivity contribution in [1.82, 2.24) is 25.2 Å². The zero-order valence-electron chi connectivity index (χ0n) is 19.0. The molecule has 1 N–H and O–H groups in total. The quantitative estimate of drug-likeness (QED) is 0.464. The number of benzene rings is 3. The van der Waals surface area contributed by atoms with E-state index in [0.717, 1.165) is 27.9 Å². The number of aromatic nitrogens is 3. The van der Waals surface area contributed by atoms with E-state index >= 15 is 0 Å². The van der Waals surface area contributed by atoms with Gasteiger partial charge in [0.25, 0.3) is 5.56 Å². The van der Waals surface area contributed by atoms with Crippen LogP contribution in [-0.4, -0.2) is 38.9 Å². The maximum Gasteiger partial charge on any atom is 0.278 e. The molecule has 0 spiro atoms. The average molecular weight is 454 g/mol. The van der Waals surface area contributed by atoms with E-state index in [-0.39, 0.29) is 18.0 Å². The Labute approximate surface area is 198 Å². The van der Waals surface area contributed by atoms with E-state index in [4.69, 9.17) is 0 Å². The third-order valence-electron chi connectivity index (χ3n) is 6.29. The van der Waals surface area contributed by atoms with E-state index in [9.17, 15) is 9.59 Å². The van der Waals surface area contributed by atoms with Crippen LogP contribution >= 0.6 is 0 Å². The smallest absolute Gasteiger partial charge is 0.278 e. The van der Waals surface area contributed by atoms with Crippen molar-refractivity contribution in [3.63, 3.8) is 0 Å². The Bertz CT molecular complexity index is 1360. The largest absolute Gasteiger partial charge is 0.350 e. The average Bonchev–Trinajstić information content (AvgIpc) is 3.38. The van der Waals surface area contributed by atoms with Crippen LogP contribution in [0, 0.1) is 0 Å². The molecule has 0 bridgehead atoms. The molecule has 0 saturated carbocycles. The van der Waals surface area contributed by atoms with Crippen LogP contribution in [0.5, 0.6) is 0 Å². The molecule has 5 rings (SSSR count). The lowest BCUT2D eigenvalue weighted by molar-refractivity contribution is -0.122. The fraction of sp³-hybridized carbons (Fsp3) is 0.259. The molecular formula is C27H27N5O2. The number of likely N-dealkylation sites (tertiary alicyclic amines) is 1. The maximum atomic E-state index is 12.6. The highest BCUT2D eigenvalue weighted by Gasteiger charge is 2.13. The molecule has 3 aromatic carbocycles. The lowest BCUT2D eigenvalue weighted by Crippen LogP contribution is -2.34.